The van der Waals surface area contributed by atoms with E-state index < -0.39 is 18.9 Å². The molecule has 0 saturated carbocycles. The third-order valence-electron chi connectivity index (χ3n) is 1.63. The maximum Gasteiger partial charge on any atom is 0.422 e. The molecule has 1 atom stereocenters. The van der Waals surface area contributed by atoms with Gasteiger partial charge in [0.2, 0.25) is 5.88 Å². The first-order valence-electron chi connectivity index (χ1n) is 4.22. The zero-order valence-corrected chi connectivity index (χ0v) is 7.95. The molecular formula is C9H10F3NO2. The highest BCUT2D eigenvalue weighted by Gasteiger charge is 2.28. The Hall–Kier alpha value is -1.30. The van der Waals surface area contributed by atoms with Crippen LogP contribution in [0.3, 0.4) is 0 Å². The summed E-state index contributed by atoms with van der Waals surface area (Å²) < 4.78 is 39.7. The highest BCUT2D eigenvalue weighted by atomic mass is 19.4. The highest BCUT2D eigenvalue weighted by Crippen LogP contribution is 2.18. The van der Waals surface area contributed by atoms with E-state index >= 15 is 0 Å². The molecule has 0 aliphatic rings. The van der Waals surface area contributed by atoms with Gasteiger partial charge in [0, 0.05) is 12.3 Å². The first-order chi connectivity index (χ1) is 6.88. The maximum absolute atomic E-state index is 11.8. The minimum Gasteiger partial charge on any atom is -0.468 e. The van der Waals surface area contributed by atoms with Crippen LogP contribution in [0.15, 0.2) is 18.3 Å². The summed E-state index contributed by atoms with van der Waals surface area (Å²) in [5.41, 5.74) is 0.523. The van der Waals surface area contributed by atoms with E-state index in [1.807, 2.05) is 0 Å². The van der Waals surface area contributed by atoms with Crippen molar-refractivity contribution in [3.05, 3.63) is 23.9 Å². The van der Waals surface area contributed by atoms with Gasteiger partial charge in [0.1, 0.15) is 0 Å². The topological polar surface area (TPSA) is 42.4 Å². The van der Waals surface area contributed by atoms with Crippen LogP contribution in [-0.2, 0) is 0 Å². The number of pyridine rings is 1. The van der Waals surface area contributed by atoms with Gasteiger partial charge in [-0.15, -0.1) is 0 Å². The number of rotatable bonds is 3. The molecule has 0 amide bonds. The molecule has 1 aromatic heterocycles. The molecule has 0 saturated heterocycles. The smallest absolute Gasteiger partial charge is 0.422 e. The molecule has 6 heteroatoms. The second-order valence-electron chi connectivity index (χ2n) is 3.01. The van der Waals surface area contributed by atoms with E-state index in [0.717, 1.165) is 0 Å². The minimum atomic E-state index is -4.37. The SMILES string of the molecule is CC(O)c1ccc(OCC(F)(F)F)nc1. The highest BCUT2D eigenvalue weighted by molar-refractivity contribution is 5.19. The second-order valence-corrected chi connectivity index (χ2v) is 3.01. The molecular weight excluding hydrogens is 211 g/mol. The number of aromatic nitrogens is 1. The molecule has 0 bridgehead atoms. The summed E-state index contributed by atoms with van der Waals surface area (Å²) in [6, 6.07) is 2.75. The number of ether oxygens (including phenoxy) is 1. The number of nitrogens with zero attached hydrogens (tertiary/aromatic N) is 1. The van der Waals surface area contributed by atoms with Crippen molar-refractivity contribution in [2.45, 2.75) is 19.2 Å². The minimum absolute atomic E-state index is 0.114. The van der Waals surface area contributed by atoms with Gasteiger partial charge in [0.15, 0.2) is 6.61 Å². The summed E-state index contributed by atoms with van der Waals surface area (Å²) in [4.78, 5) is 3.62. The summed E-state index contributed by atoms with van der Waals surface area (Å²) in [5, 5.41) is 9.11. The lowest BCUT2D eigenvalue weighted by Gasteiger charge is -2.09. The van der Waals surface area contributed by atoms with Gasteiger partial charge < -0.3 is 9.84 Å². The van der Waals surface area contributed by atoms with Gasteiger partial charge in [-0.3, -0.25) is 0 Å². The molecule has 0 fully saturated rings. The fourth-order valence-corrected chi connectivity index (χ4v) is 0.880. The first kappa shape index (κ1) is 11.8. The number of aliphatic hydroxyl groups excluding tert-OH is 1. The number of hydrogen-bond acceptors (Lipinski definition) is 3. The number of hydrogen-bond donors (Lipinski definition) is 1. The van der Waals surface area contributed by atoms with Crippen LogP contribution in [0, 0.1) is 0 Å². The van der Waals surface area contributed by atoms with Crippen molar-refractivity contribution in [1.29, 1.82) is 0 Å². The van der Waals surface area contributed by atoms with E-state index in [2.05, 4.69) is 9.72 Å². The zero-order valence-electron chi connectivity index (χ0n) is 7.95. The van der Waals surface area contributed by atoms with Gasteiger partial charge in [-0.25, -0.2) is 4.98 Å². The van der Waals surface area contributed by atoms with Crippen molar-refractivity contribution in [2.24, 2.45) is 0 Å². The standard InChI is InChI=1S/C9H10F3NO2/c1-6(14)7-2-3-8(13-4-7)15-5-9(10,11)12/h2-4,6,14H,5H2,1H3. The third kappa shape index (κ3) is 4.16. The summed E-state index contributed by atoms with van der Waals surface area (Å²) in [7, 11) is 0. The monoisotopic (exact) mass is 221 g/mol. The van der Waals surface area contributed by atoms with Crippen LogP contribution in [0.4, 0.5) is 13.2 Å². The van der Waals surface area contributed by atoms with Gasteiger partial charge >= 0.3 is 6.18 Å². The van der Waals surface area contributed by atoms with E-state index in [-0.39, 0.29) is 5.88 Å². The quantitative estimate of drug-likeness (QED) is 0.849. The Kier molecular flexibility index (Phi) is 3.52. The normalized spacial score (nSPS) is 13.7. The lowest BCUT2D eigenvalue weighted by molar-refractivity contribution is -0.154. The summed E-state index contributed by atoms with van der Waals surface area (Å²) in [5.74, 6) is -0.114. The fraction of sp³-hybridized carbons (Fsp3) is 0.444. The maximum atomic E-state index is 11.8. The Labute approximate surface area is 84.5 Å². The van der Waals surface area contributed by atoms with Gasteiger partial charge in [-0.2, -0.15) is 13.2 Å². The Morgan fingerprint density at radius 1 is 1.47 bits per heavy atom. The van der Waals surface area contributed by atoms with E-state index in [9.17, 15) is 13.2 Å². The van der Waals surface area contributed by atoms with E-state index in [1.54, 1.807) is 0 Å². The van der Waals surface area contributed by atoms with Crippen molar-refractivity contribution < 1.29 is 23.0 Å². The Bertz CT molecular complexity index is 308. The lowest BCUT2D eigenvalue weighted by Crippen LogP contribution is -2.19. The average molecular weight is 221 g/mol. The molecule has 1 heterocycles. The predicted molar refractivity (Wildman–Crippen MR) is 46.4 cm³/mol. The Balaban J connectivity index is 2.57. The van der Waals surface area contributed by atoms with Crippen molar-refractivity contribution in [2.75, 3.05) is 6.61 Å². The van der Waals surface area contributed by atoms with Crippen LogP contribution in [0.25, 0.3) is 0 Å². The molecule has 0 spiro atoms. The van der Waals surface area contributed by atoms with Crippen molar-refractivity contribution in [3.63, 3.8) is 0 Å². The number of halogens is 3. The largest absolute Gasteiger partial charge is 0.468 e. The Morgan fingerprint density at radius 3 is 2.53 bits per heavy atom. The van der Waals surface area contributed by atoms with Crippen LogP contribution in [0.2, 0.25) is 0 Å². The van der Waals surface area contributed by atoms with E-state index in [1.165, 1.54) is 25.3 Å². The van der Waals surface area contributed by atoms with Crippen LogP contribution >= 0.6 is 0 Å². The first-order valence-corrected chi connectivity index (χ1v) is 4.22. The van der Waals surface area contributed by atoms with Crippen LogP contribution in [0.1, 0.15) is 18.6 Å². The summed E-state index contributed by atoms with van der Waals surface area (Å²) >= 11 is 0. The van der Waals surface area contributed by atoms with Gasteiger partial charge in [-0.05, 0) is 18.6 Å². The van der Waals surface area contributed by atoms with Crippen LogP contribution < -0.4 is 4.74 Å². The van der Waals surface area contributed by atoms with Gasteiger partial charge in [0.05, 0.1) is 6.10 Å². The van der Waals surface area contributed by atoms with Crippen molar-refractivity contribution >= 4 is 0 Å². The molecule has 0 aliphatic carbocycles. The number of aliphatic hydroxyl groups is 1. The molecule has 0 aromatic carbocycles. The molecule has 0 aliphatic heterocycles. The summed E-state index contributed by atoms with van der Waals surface area (Å²) in [6.07, 6.45) is -3.80. The molecule has 1 unspecified atom stereocenters. The van der Waals surface area contributed by atoms with Crippen LogP contribution in [-0.4, -0.2) is 22.9 Å². The van der Waals surface area contributed by atoms with E-state index in [0.29, 0.717) is 5.56 Å². The molecule has 15 heavy (non-hydrogen) atoms. The molecule has 3 nitrogen and oxygen atoms in total. The second kappa shape index (κ2) is 4.48. The summed E-state index contributed by atoms with van der Waals surface area (Å²) in [6.45, 7) is 0.168. The molecule has 1 aromatic rings. The van der Waals surface area contributed by atoms with Crippen molar-refractivity contribution in [3.8, 4) is 5.88 Å². The average Bonchev–Trinajstić information content (AvgIpc) is 2.14. The van der Waals surface area contributed by atoms with Crippen LogP contribution in [0.5, 0.6) is 5.88 Å². The molecule has 84 valence electrons. The fourth-order valence-electron chi connectivity index (χ4n) is 0.880. The van der Waals surface area contributed by atoms with Gasteiger partial charge in [0.25, 0.3) is 0 Å². The lowest BCUT2D eigenvalue weighted by atomic mass is 10.2. The zero-order chi connectivity index (χ0) is 11.5. The van der Waals surface area contributed by atoms with E-state index in [4.69, 9.17) is 5.11 Å². The molecule has 1 rings (SSSR count). The van der Waals surface area contributed by atoms with Gasteiger partial charge in [-0.1, -0.05) is 0 Å². The molecule has 1 N–H and O–H groups in total. The third-order valence-corrected chi connectivity index (χ3v) is 1.63. The molecule has 0 radical (unpaired) electrons. The van der Waals surface area contributed by atoms with Crippen molar-refractivity contribution in [1.82, 2.24) is 4.98 Å². The predicted octanol–water partition coefficient (Wildman–Crippen LogP) is 2.08. The number of alkyl halides is 3. The Morgan fingerprint density at radius 2 is 2.13 bits per heavy atom.